The molecule has 0 aliphatic carbocycles. The van der Waals surface area contributed by atoms with E-state index in [-0.39, 0.29) is 5.91 Å². The summed E-state index contributed by atoms with van der Waals surface area (Å²) in [7, 11) is 1.50. The highest BCUT2D eigenvalue weighted by molar-refractivity contribution is 6.29. The van der Waals surface area contributed by atoms with Crippen LogP contribution in [0.25, 0.3) is 0 Å². The molecule has 0 fully saturated rings. The minimum atomic E-state index is -3.25. The number of aryl methyl sites for hydroxylation is 1. The maximum Gasteiger partial charge on any atom is 0.387 e. The number of ether oxygens (including phenoxy) is 2. The number of likely N-dealkylation sites (N-methyl/N-ethyl adjacent to an activating group) is 1. The van der Waals surface area contributed by atoms with E-state index in [1.54, 1.807) is 42.6 Å². The largest absolute Gasteiger partial charge is 0.431 e. The number of nitrogens with one attached hydrogen (secondary N) is 2. The van der Waals surface area contributed by atoms with E-state index in [9.17, 15) is 22.4 Å². The maximum absolute atomic E-state index is 13.0. The SMILES string of the molecule is CNC(=O)[C@H](N[C@@H](CCc1ccc(Cl)nc1)c1ccc(OC(F)F)c(OC(F)F)c1)c1ccccc1. The van der Waals surface area contributed by atoms with Gasteiger partial charge < -0.3 is 14.8 Å². The van der Waals surface area contributed by atoms with Gasteiger partial charge in [-0.05, 0) is 47.7 Å². The van der Waals surface area contributed by atoms with Gasteiger partial charge in [-0.1, -0.05) is 54.1 Å². The van der Waals surface area contributed by atoms with Crippen LogP contribution in [0.15, 0.2) is 66.9 Å². The van der Waals surface area contributed by atoms with Crippen LogP contribution in [0.4, 0.5) is 17.6 Å². The van der Waals surface area contributed by atoms with Crippen LogP contribution in [-0.2, 0) is 11.2 Å². The molecule has 0 radical (unpaired) electrons. The maximum atomic E-state index is 13.0. The first kappa shape index (κ1) is 27.2. The van der Waals surface area contributed by atoms with Crippen LogP contribution in [-0.4, -0.2) is 31.2 Å². The number of benzene rings is 2. The van der Waals surface area contributed by atoms with Crippen molar-refractivity contribution in [2.75, 3.05) is 7.05 Å². The van der Waals surface area contributed by atoms with Gasteiger partial charge in [0.15, 0.2) is 11.5 Å². The summed E-state index contributed by atoms with van der Waals surface area (Å²) in [5, 5.41) is 6.22. The van der Waals surface area contributed by atoms with Crippen molar-refractivity contribution >= 4 is 17.5 Å². The third kappa shape index (κ3) is 7.82. The van der Waals surface area contributed by atoms with Crippen molar-refractivity contribution in [1.82, 2.24) is 15.6 Å². The Morgan fingerprint density at radius 2 is 1.64 bits per heavy atom. The Labute approximate surface area is 210 Å². The molecule has 0 spiro atoms. The van der Waals surface area contributed by atoms with Gasteiger partial charge in [-0.3, -0.25) is 10.1 Å². The molecule has 2 aromatic carbocycles. The minimum Gasteiger partial charge on any atom is -0.431 e. The zero-order valence-corrected chi connectivity index (χ0v) is 19.9. The highest BCUT2D eigenvalue weighted by Crippen LogP contribution is 2.35. The first-order valence-electron chi connectivity index (χ1n) is 10.9. The molecule has 2 atom stereocenters. The number of pyridine rings is 1. The first-order chi connectivity index (χ1) is 17.3. The molecule has 36 heavy (non-hydrogen) atoms. The second kappa shape index (κ2) is 13.1. The predicted octanol–water partition coefficient (Wildman–Crippen LogP) is 5.69. The molecule has 11 heteroatoms. The number of amides is 1. The number of halogens is 5. The van der Waals surface area contributed by atoms with E-state index >= 15 is 0 Å². The molecule has 0 aliphatic rings. The van der Waals surface area contributed by atoms with Gasteiger partial charge in [-0.15, -0.1) is 0 Å². The van der Waals surface area contributed by atoms with Crippen molar-refractivity contribution in [2.24, 2.45) is 0 Å². The quantitative estimate of drug-likeness (QED) is 0.235. The van der Waals surface area contributed by atoms with E-state index in [1.165, 1.54) is 19.2 Å². The average Bonchev–Trinajstić information content (AvgIpc) is 2.86. The summed E-state index contributed by atoms with van der Waals surface area (Å²) in [6.07, 6.45) is 2.49. The highest BCUT2D eigenvalue weighted by Gasteiger charge is 2.25. The van der Waals surface area contributed by atoms with E-state index < -0.39 is 36.8 Å². The molecule has 0 aliphatic heterocycles. The molecular formula is C25H24ClF4N3O3. The monoisotopic (exact) mass is 525 g/mol. The van der Waals surface area contributed by atoms with Gasteiger partial charge in [0, 0.05) is 19.3 Å². The molecule has 1 heterocycles. The van der Waals surface area contributed by atoms with Crippen molar-refractivity contribution < 1.29 is 31.8 Å². The smallest absolute Gasteiger partial charge is 0.387 e. The minimum absolute atomic E-state index is 0.318. The molecule has 3 rings (SSSR count). The standard InChI is InChI=1S/C25H24ClF4N3O3/c1-31-23(34)22(16-5-3-2-4-6-16)33-18(10-7-15-8-12-21(26)32-14-15)17-9-11-19(35-24(27)28)20(13-17)36-25(29)30/h2-6,8-9,11-14,18,22,24-25,33H,7,10H2,1H3,(H,31,34)/t18-,22+/m0/s1. The van der Waals surface area contributed by atoms with Gasteiger partial charge in [0.1, 0.15) is 11.2 Å². The van der Waals surface area contributed by atoms with Gasteiger partial charge in [0.25, 0.3) is 0 Å². The first-order valence-corrected chi connectivity index (χ1v) is 11.3. The van der Waals surface area contributed by atoms with Crippen molar-refractivity contribution in [2.45, 2.75) is 38.1 Å². The molecule has 3 aromatic rings. The molecule has 192 valence electrons. The Kier molecular flexibility index (Phi) is 9.89. The summed E-state index contributed by atoms with van der Waals surface area (Å²) in [6.45, 7) is -6.48. The van der Waals surface area contributed by atoms with Crippen LogP contribution in [0.3, 0.4) is 0 Å². The number of carbonyl (C=O) groups is 1. The van der Waals surface area contributed by atoms with E-state index in [2.05, 4.69) is 25.1 Å². The van der Waals surface area contributed by atoms with Crippen molar-refractivity contribution in [1.29, 1.82) is 0 Å². The Balaban J connectivity index is 1.97. The molecule has 6 nitrogen and oxygen atoms in total. The van der Waals surface area contributed by atoms with Gasteiger partial charge in [-0.25, -0.2) is 4.98 Å². The Hall–Kier alpha value is -3.37. The van der Waals surface area contributed by atoms with Crippen LogP contribution < -0.4 is 20.1 Å². The Morgan fingerprint density at radius 1 is 0.944 bits per heavy atom. The van der Waals surface area contributed by atoms with Crippen LogP contribution >= 0.6 is 11.6 Å². The van der Waals surface area contributed by atoms with Crippen LogP contribution in [0.1, 0.15) is 35.2 Å². The molecule has 0 unspecified atom stereocenters. The fourth-order valence-electron chi connectivity index (χ4n) is 3.65. The average molecular weight is 526 g/mol. The summed E-state index contributed by atoms with van der Waals surface area (Å²) < 4.78 is 60.4. The lowest BCUT2D eigenvalue weighted by Crippen LogP contribution is -2.38. The lowest BCUT2D eigenvalue weighted by molar-refractivity contribution is -0.123. The second-order valence-electron chi connectivity index (χ2n) is 7.67. The number of rotatable bonds is 12. The van der Waals surface area contributed by atoms with Crippen molar-refractivity contribution in [3.63, 3.8) is 0 Å². The van der Waals surface area contributed by atoms with Crippen LogP contribution in [0.2, 0.25) is 5.15 Å². The number of nitrogens with zero attached hydrogens (tertiary/aromatic N) is 1. The summed E-state index contributed by atoms with van der Waals surface area (Å²) >= 11 is 5.86. The molecule has 0 saturated heterocycles. The molecule has 0 bridgehead atoms. The fourth-order valence-corrected chi connectivity index (χ4v) is 3.76. The summed E-state index contributed by atoms with van der Waals surface area (Å²) in [5.41, 5.74) is 1.96. The van der Waals surface area contributed by atoms with Crippen LogP contribution in [0.5, 0.6) is 11.5 Å². The third-order valence-corrected chi connectivity index (χ3v) is 5.55. The van der Waals surface area contributed by atoms with Crippen molar-refractivity contribution in [3.8, 4) is 11.5 Å². The van der Waals surface area contributed by atoms with E-state index in [0.29, 0.717) is 29.1 Å². The van der Waals surface area contributed by atoms with Gasteiger partial charge in [0.2, 0.25) is 5.91 Å². The highest BCUT2D eigenvalue weighted by atomic mass is 35.5. The van der Waals surface area contributed by atoms with E-state index in [1.807, 2.05) is 6.07 Å². The zero-order chi connectivity index (χ0) is 26.1. The summed E-state index contributed by atoms with van der Waals surface area (Å²) in [4.78, 5) is 16.8. The van der Waals surface area contributed by atoms with Gasteiger partial charge in [0.05, 0.1) is 0 Å². The van der Waals surface area contributed by atoms with Crippen LogP contribution in [0, 0.1) is 0 Å². The summed E-state index contributed by atoms with van der Waals surface area (Å²) in [5.74, 6) is -1.39. The second-order valence-corrected chi connectivity index (χ2v) is 8.06. The number of carbonyl (C=O) groups excluding carboxylic acids is 1. The van der Waals surface area contributed by atoms with E-state index in [0.717, 1.165) is 11.6 Å². The Morgan fingerprint density at radius 3 is 2.25 bits per heavy atom. The predicted molar refractivity (Wildman–Crippen MR) is 126 cm³/mol. The van der Waals surface area contributed by atoms with Crippen molar-refractivity contribution in [3.05, 3.63) is 88.7 Å². The number of alkyl halides is 4. The Bertz CT molecular complexity index is 1120. The molecule has 1 amide bonds. The molecule has 0 saturated carbocycles. The normalized spacial score (nSPS) is 12.9. The number of hydrogen-bond donors (Lipinski definition) is 2. The number of aromatic nitrogens is 1. The topological polar surface area (TPSA) is 72.5 Å². The summed E-state index contributed by atoms with van der Waals surface area (Å²) in [6, 6.07) is 14.8. The van der Waals surface area contributed by atoms with E-state index in [4.69, 9.17) is 11.6 Å². The molecular weight excluding hydrogens is 502 g/mol. The fraction of sp³-hybridized carbons (Fsp3) is 0.280. The lowest BCUT2D eigenvalue weighted by Gasteiger charge is -2.26. The molecule has 2 N–H and O–H groups in total. The van der Waals surface area contributed by atoms with Gasteiger partial charge in [-0.2, -0.15) is 17.6 Å². The number of hydrogen-bond acceptors (Lipinski definition) is 5. The lowest BCUT2D eigenvalue weighted by atomic mass is 9.96. The van der Waals surface area contributed by atoms with Gasteiger partial charge >= 0.3 is 13.2 Å². The molecule has 1 aromatic heterocycles. The zero-order valence-electron chi connectivity index (χ0n) is 19.1. The third-order valence-electron chi connectivity index (χ3n) is 5.32.